The van der Waals surface area contributed by atoms with Gasteiger partial charge >= 0.3 is 0 Å². The van der Waals surface area contributed by atoms with Crippen molar-refractivity contribution in [3.8, 4) is 0 Å². The van der Waals surface area contributed by atoms with Crippen molar-refractivity contribution in [1.29, 1.82) is 0 Å². The molecular formula is C25H28N2O2S2. The minimum Gasteiger partial charge on any atom is -0.333 e. The van der Waals surface area contributed by atoms with E-state index < -0.39 is 0 Å². The van der Waals surface area contributed by atoms with Gasteiger partial charge in [0.15, 0.2) is 0 Å². The number of hydrogen-bond acceptors (Lipinski definition) is 4. The molecule has 6 heteroatoms. The lowest BCUT2D eigenvalue weighted by molar-refractivity contribution is -0.137. The summed E-state index contributed by atoms with van der Waals surface area (Å²) in [6.45, 7) is 8.93. The van der Waals surface area contributed by atoms with Gasteiger partial charge in [0.25, 0.3) is 5.91 Å². The topological polar surface area (TPSA) is 40.6 Å². The van der Waals surface area contributed by atoms with Gasteiger partial charge in [-0.05, 0) is 44.9 Å². The molecule has 1 aliphatic rings. The molecule has 4 nitrogen and oxygen atoms in total. The molecule has 3 rings (SSSR count). The second-order valence-electron chi connectivity index (χ2n) is 8.63. The summed E-state index contributed by atoms with van der Waals surface area (Å²) in [4.78, 5) is 30.0. The van der Waals surface area contributed by atoms with Gasteiger partial charge in [0.2, 0.25) is 5.91 Å². The van der Waals surface area contributed by atoms with Crippen LogP contribution in [0.4, 0.5) is 0 Å². The maximum atomic E-state index is 13.1. The van der Waals surface area contributed by atoms with Crippen LogP contribution in [0.2, 0.25) is 0 Å². The van der Waals surface area contributed by atoms with Gasteiger partial charge in [-0.2, -0.15) is 0 Å². The molecule has 162 valence electrons. The lowest BCUT2D eigenvalue weighted by Gasteiger charge is -2.36. The molecule has 0 N–H and O–H groups in total. The van der Waals surface area contributed by atoms with Gasteiger partial charge in [-0.25, -0.2) is 0 Å². The Morgan fingerprint density at radius 2 is 1.74 bits per heavy atom. The molecule has 0 atom stereocenters. The molecule has 0 aromatic heterocycles. The van der Waals surface area contributed by atoms with Crippen LogP contribution in [0.25, 0.3) is 6.08 Å². The van der Waals surface area contributed by atoms with Crippen LogP contribution in [0, 0.1) is 6.92 Å². The highest BCUT2D eigenvalue weighted by atomic mass is 32.2. The van der Waals surface area contributed by atoms with E-state index in [1.54, 1.807) is 4.90 Å². The molecule has 1 heterocycles. The van der Waals surface area contributed by atoms with Crippen LogP contribution in [0.15, 0.2) is 59.5 Å². The summed E-state index contributed by atoms with van der Waals surface area (Å²) in [5.74, 6) is -0.123. The Hall–Kier alpha value is -2.44. The van der Waals surface area contributed by atoms with Crippen LogP contribution in [-0.4, -0.2) is 38.0 Å². The highest BCUT2D eigenvalue weighted by Crippen LogP contribution is 2.33. The van der Waals surface area contributed by atoms with Crippen molar-refractivity contribution in [3.63, 3.8) is 0 Å². The Balaban J connectivity index is 1.67. The van der Waals surface area contributed by atoms with E-state index in [0.29, 0.717) is 15.8 Å². The van der Waals surface area contributed by atoms with E-state index in [4.69, 9.17) is 12.2 Å². The molecule has 0 spiro atoms. The number of nitrogens with zero attached hydrogens (tertiary/aromatic N) is 2. The fourth-order valence-corrected chi connectivity index (χ4v) is 4.62. The molecule has 2 aromatic carbocycles. The summed E-state index contributed by atoms with van der Waals surface area (Å²) in [6.07, 6.45) is 2.09. The first-order chi connectivity index (χ1) is 14.6. The van der Waals surface area contributed by atoms with Crippen molar-refractivity contribution >= 4 is 46.2 Å². The summed E-state index contributed by atoms with van der Waals surface area (Å²) in [5.41, 5.74) is 2.89. The van der Waals surface area contributed by atoms with E-state index in [1.165, 1.54) is 17.3 Å². The zero-order valence-corrected chi connectivity index (χ0v) is 20.1. The first-order valence-corrected chi connectivity index (χ1v) is 11.5. The Bertz CT molecular complexity index is 992. The van der Waals surface area contributed by atoms with Crippen LogP contribution in [0.1, 0.15) is 43.9 Å². The normalized spacial score (nSPS) is 15.6. The van der Waals surface area contributed by atoms with E-state index in [-0.39, 0.29) is 30.3 Å². The molecule has 0 aliphatic carbocycles. The number of benzene rings is 2. The Morgan fingerprint density at radius 1 is 1.10 bits per heavy atom. The summed E-state index contributed by atoms with van der Waals surface area (Å²) in [6, 6.07) is 17.9. The van der Waals surface area contributed by atoms with Crippen LogP contribution in [0.3, 0.4) is 0 Å². The first-order valence-electron chi connectivity index (χ1n) is 10.3. The van der Waals surface area contributed by atoms with Crippen molar-refractivity contribution in [2.45, 2.75) is 46.2 Å². The summed E-state index contributed by atoms with van der Waals surface area (Å²) in [5, 5.41) is 0. The number of rotatable bonds is 6. The molecule has 1 aliphatic heterocycles. The van der Waals surface area contributed by atoms with Crippen molar-refractivity contribution in [2.75, 3.05) is 6.54 Å². The zero-order chi connectivity index (χ0) is 22.6. The third-order valence-electron chi connectivity index (χ3n) is 5.09. The van der Waals surface area contributed by atoms with E-state index in [2.05, 4.69) is 0 Å². The maximum Gasteiger partial charge on any atom is 0.266 e. The molecule has 0 radical (unpaired) electrons. The molecule has 2 amide bonds. The number of thiocarbonyl (C=S) groups is 1. The monoisotopic (exact) mass is 452 g/mol. The Labute approximate surface area is 194 Å². The fraction of sp³-hybridized carbons (Fsp3) is 0.320. The van der Waals surface area contributed by atoms with Gasteiger partial charge in [0.05, 0.1) is 4.91 Å². The molecular weight excluding hydrogens is 424 g/mol. The summed E-state index contributed by atoms with van der Waals surface area (Å²) < 4.78 is 0.501. The van der Waals surface area contributed by atoms with Crippen LogP contribution in [0.5, 0.6) is 0 Å². The van der Waals surface area contributed by atoms with Gasteiger partial charge in [-0.3, -0.25) is 14.5 Å². The number of thioether (sulfide) groups is 1. The average molecular weight is 453 g/mol. The number of aryl methyl sites for hydroxylation is 1. The average Bonchev–Trinajstić information content (AvgIpc) is 2.98. The first kappa shape index (κ1) is 23.2. The van der Waals surface area contributed by atoms with Gasteiger partial charge in [-0.1, -0.05) is 84.1 Å². The smallest absolute Gasteiger partial charge is 0.266 e. The highest BCUT2D eigenvalue weighted by Gasteiger charge is 2.33. The molecule has 1 saturated heterocycles. The van der Waals surface area contributed by atoms with Crippen molar-refractivity contribution in [3.05, 3.63) is 76.2 Å². The molecule has 0 saturated carbocycles. The fourth-order valence-electron chi connectivity index (χ4n) is 3.31. The molecule has 1 fully saturated rings. The largest absolute Gasteiger partial charge is 0.333 e. The van der Waals surface area contributed by atoms with Gasteiger partial charge in [-0.15, -0.1) is 0 Å². The van der Waals surface area contributed by atoms with Crippen LogP contribution in [-0.2, 0) is 16.1 Å². The quantitative estimate of drug-likeness (QED) is 0.434. The lowest BCUT2D eigenvalue weighted by atomic mass is 10.0. The summed E-state index contributed by atoms with van der Waals surface area (Å²) in [7, 11) is 0. The standard InChI is InChI=1S/C25H28N2O2S2/c1-18-10-12-19(13-11-18)16-21-23(29)26(24(30)31-21)15-14-22(28)27(25(2,3)4)17-20-8-6-5-7-9-20/h5-13,16H,14-15,17H2,1-4H3/b21-16-. The van der Waals surface area contributed by atoms with Gasteiger partial charge in [0, 0.05) is 25.0 Å². The molecule has 0 bridgehead atoms. The minimum absolute atomic E-state index is 0.00733. The predicted molar refractivity (Wildman–Crippen MR) is 132 cm³/mol. The van der Waals surface area contributed by atoms with Crippen molar-refractivity contribution < 1.29 is 9.59 Å². The van der Waals surface area contributed by atoms with Crippen LogP contribution >= 0.6 is 24.0 Å². The van der Waals surface area contributed by atoms with E-state index in [1.807, 2.05) is 93.3 Å². The number of hydrogen-bond donors (Lipinski definition) is 0. The highest BCUT2D eigenvalue weighted by molar-refractivity contribution is 8.26. The second-order valence-corrected chi connectivity index (χ2v) is 10.3. The summed E-state index contributed by atoms with van der Waals surface area (Å²) >= 11 is 6.72. The third kappa shape index (κ3) is 6.05. The Kier molecular flexibility index (Phi) is 7.34. The number of carbonyl (C=O) groups excluding carboxylic acids is 2. The number of amides is 2. The number of carbonyl (C=O) groups is 2. The third-order valence-corrected chi connectivity index (χ3v) is 6.47. The maximum absolute atomic E-state index is 13.1. The van der Waals surface area contributed by atoms with Gasteiger partial charge in [0.1, 0.15) is 4.32 Å². The van der Waals surface area contributed by atoms with E-state index >= 15 is 0 Å². The lowest BCUT2D eigenvalue weighted by Crippen LogP contribution is -2.46. The minimum atomic E-state index is -0.326. The molecule has 31 heavy (non-hydrogen) atoms. The second kappa shape index (κ2) is 9.79. The van der Waals surface area contributed by atoms with Crippen molar-refractivity contribution in [2.24, 2.45) is 0 Å². The Morgan fingerprint density at radius 3 is 2.35 bits per heavy atom. The SMILES string of the molecule is Cc1ccc(/C=C2\SC(=S)N(CCC(=O)N(Cc3ccccc3)C(C)(C)C)C2=O)cc1. The van der Waals surface area contributed by atoms with E-state index in [9.17, 15) is 9.59 Å². The van der Waals surface area contributed by atoms with Gasteiger partial charge < -0.3 is 4.90 Å². The van der Waals surface area contributed by atoms with E-state index in [0.717, 1.165) is 11.1 Å². The molecule has 2 aromatic rings. The molecule has 0 unspecified atom stereocenters. The zero-order valence-electron chi connectivity index (χ0n) is 18.4. The predicted octanol–water partition coefficient (Wildman–Crippen LogP) is 5.41. The van der Waals surface area contributed by atoms with Crippen LogP contribution < -0.4 is 0 Å². The van der Waals surface area contributed by atoms with Crippen molar-refractivity contribution in [1.82, 2.24) is 9.80 Å².